The van der Waals surface area contributed by atoms with E-state index in [4.69, 9.17) is 4.74 Å². The van der Waals surface area contributed by atoms with Gasteiger partial charge < -0.3 is 20.5 Å². The van der Waals surface area contributed by atoms with Crippen LogP contribution in [0.15, 0.2) is 48.7 Å². The third kappa shape index (κ3) is 11.0. The maximum atomic E-state index is 13.7. The predicted octanol–water partition coefficient (Wildman–Crippen LogP) is 3.91. The van der Waals surface area contributed by atoms with Crippen molar-refractivity contribution < 1.29 is 27.9 Å². The van der Waals surface area contributed by atoms with E-state index in [9.17, 15) is 23.1 Å². The van der Waals surface area contributed by atoms with Gasteiger partial charge in [0.1, 0.15) is 17.4 Å². The van der Waals surface area contributed by atoms with Crippen LogP contribution in [-0.4, -0.2) is 107 Å². The number of aliphatic hydroxyl groups is 1. The highest BCUT2D eigenvalue weighted by atomic mass is 32.2. The van der Waals surface area contributed by atoms with Crippen LogP contribution in [-0.2, 0) is 32.3 Å². The van der Waals surface area contributed by atoms with E-state index in [0.29, 0.717) is 38.5 Å². The number of hydrogen-bond donors (Lipinski definition) is 3. The van der Waals surface area contributed by atoms with Crippen LogP contribution in [0.25, 0.3) is 0 Å². The number of β-amino-alcohol motifs (C(OH)–C–C–N with tert-alkyl or cyclic N) is 1. The number of ether oxygens (including phenoxy) is 1. The maximum absolute atomic E-state index is 13.7. The summed E-state index contributed by atoms with van der Waals surface area (Å²) in [5.41, 5.74) is 2.68. The van der Waals surface area contributed by atoms with Gasteiger partial charge in [-0.1, -0.05) is 58.0 Å². The molecule has 6 atom stereocenters. The Morgan fingerprint density at radius 2 is 1.80 bits per heavy atom. The van der Waals surface area contributed by atoms with Crippen LogP contribution >= 0.6 is 0 Å². The molecular weight excluding hydrogens is 643 g/mol. The van der Waals surface area contributed by atoms with Crippen molar-refractivity contribution in [3.8, 4) is 0 Å². The summed E-state index contributed by atoms with van der Waals surface area (Å²) in [6.07, 6.45) is 0.882. The van der Waals surface area contributed by atoms with Gasteiger partial charge in [-0.3, -0.25) is 19.6 Å². The number of rotatable bonds is 13. The van der Waals surface area contributed by atoms with Crippen molar-refractivity contribution >= 4 is 21.8 Å². The molecule has 4 rings (SSSR count). The largest absolute Gasteiger partial charge is 0.445 e. The number of pyridine rings is 1. The highest BCUT2D eigenvalue weighted by Gasteiger charge is 2.45. The second-order valence-corrected chi connectivity index (χ2v) is 17.5. The summed E-state index contributed by atoms with van der Waals surface area (Å²) in [6, 6.07) is 12.4. The van der Waals surface area contributed by atoms with Crippen molar-refractivity contribution in [2.45, 2.75) is 115 Å². The number of sulfone groups is 1. The van der Waals surface area contributed by atoms with Crippen LogP contribution < -0.4 is 10.6 Å². The van der Waals surface area contributed by atoms with Crippen LogP contribution in [0.4, 0.5) is 4.79 Å². The maximum Gasteiger partial charge on any atom is 0.407 e. The Balaban J connectivity index is 1.50. The van der Waals surface area contributed by atoms with Crippen molar-refractivity contribution in [3.05, 3.63) is 65.5 Å². The topological polar surface area (TPSA) is 141 Å². The minimum atomic E-state index is -3.36. The number of aliphatic hydroxyl groups excluding tert-OH is 1. The van der Waals surface area contributed by atoms with Gasteiger partial charge >= 0.3 is 6.09 Å². The van der Waals surface area contributed by atoms with Crippen molar-refractivity contribution in [2.24, 2.45) is 5.92 Å². The molecule has 49 heavy (non-hydrogen) atoms. The Hall–Kier alpha value is -3.06. The van der Waals surface area contributed by atoms with Gasteiger partial charge in [-0.05, 0) is 75.1 Å². The van der Waals surface area contributed by atoms with Crippen LogP contribution in [0.2, 0.25) is 0 Å². The van der Waals surface area contributed by atoms with Crippen molar-refractivity contribution in [3.63, 3.8) is 0 Å². The minimum Gasteiger partial charge on any atom is -0.445 e. The first kappa shape index (κ1) is 38.7. The molecular formula is C37H57N5O6S. The van der Waals surface area contributed by atoms with Crippen molar-refractivity contribution in [2.75, 3.05) is 31.9 Å². The van der Waals surface area contributed by atoms with Crippen LogP contribution in [0.5, 0.6) is 0 Å². The second-order valence-electron chi connectivity index (χ2n) is 15.2. The average molecular weight is 700 g/mol. The van der Waals surface area contributed by atoms with E-state index in [1.165, 1.54) is 0 Å². The molecule has 0 radical (unpaired) electrons. The van der Waals surface area contributed by atoms with E-state index < -0.39 is 51.0 Å². The van der Waals surface area contributed by atoms with Gasteiger partial charge in [0, 0.05) is 50.2 Å². The Morgan fingerprint density at radius 3 is 2.45 bits per heavy atom. The molecule has 2 fully saturated rings. The molecule has 272 valence electrons. The molecule has 0 bridgehead atoms. The standard InChI is InChI=1S/C37H57N5O6S/c1-8-26(4)29-21-28(14-16-38-29)22-41-17-18-42(31(23-41)35(44)40-37(5,6)7)24-32(43)30(20-27-12-10-9-11-13-27)39-36(45)48-33-15-19-49(46,47)34(33)25(2)3/h9-14,16,21,25-26,30-34,43H,8,15,17-20,22-24H2,1-7H3,(H,39,45)(H,40,44)/t26?,30-,31-,32+,33+,34+/m0/s1. The normalized spacial score (nSPS) is 23.5. The zero-order valence-electron chi connectivity index (χ0n) is 30.3. The number of benzene rings is 1. The number of piperazine rings is 1. The molecule has 2 aromatic rings. The van der Waals surface area contributed by atoms with Crippen LogP contribution in [0, 0.1) is 5.92 Å². The minimum absolute atomic E-state index is 0.0198. The summed E-state index contributed by atoms with van der Waals surface area (Å²) in [7, 11) is -3.36. The summed E-state index contributed by atoms with van der Waals surface area (Å²) in [4.78, 5) is 35.9. The van der Waals surface area contributed by atoms with E-state index in [1.807, 2.05) is 82.1 Å². The molecule has 1 aromatic heterocycles. The Bertz CT molecular complexity index is 1500. The van der Waals surface area contributed by atoms with Gasteiger partial charge in [0.15, 0.2) is 9.84 Å². The first-order chi connectivity index (χ1) is 23.1. The summed E-state index contributed by atoms with van der Waals surface area (Å²) in [5, 5.41) is 17.0. The van der Waals surface area contributed by atoms with Gasteiger partial charge in [0.2, 0.25) is 5.91 Å². The molecule has 2 aliphatic heterocycles. The zero-order valence-corrected chi connectivity index (χ0v) is 31.1. The van der Waals surface area contributed by atoms with E-state index in [-0.39, 0.29) is 30.5 Å². The highest BCUT2D eigenvalue weighted by molar-refractivity contribution is 7.92. The smallest absolute Gasteiger partial charge is 0.407 e. The zero-order chi connectivity index (χ0) is 35.9. The fraction of sp³-hybridized carbons (Fsp3) is 0.649. The quantitative estimate of drug-likeness (QED) is 0.284. The molecule has 2 saturated heterocycles. The average Bonchev–Trinajstić information content (AvgIpc) is 3.33. The molecule has 11 nitrogen and oxygen atoms in total. The number of alkyl carbamates (subject to hydrolysis) is 1. The molecule has 3 heterocycles. The second kappa shape index (κ2) is 16.8. The van der Waals surface area contributed by atoms with Gasteiger partial charge in [-0.2, -0.15) is 0 Å². The van der Waals surface area contributed by atoms with E-state index >= 15 is 0 Å². The lowest BCUT2D eigenvalue weighted by Crippen LogP contribution is -2.63. The fourth-order valence-corrected chi connectivity index (χ4v) is 9.21. The van der Waals surface area contributed by atoms with Crippen molar-refractivity contribution in [1.29, 1.82) is 0 Å². The molecule has 3 N–H and O–H groups in total. The van der Waals surface area contributed by atoms with Gasteiger partial charge in [0.05, 0.1) is 17.9 Å². The Labute approximate surface area is 293 Å². The Kier molecular flexibility index (Phi) is 13.3. The lowest BCUT2D eigenvalue weighted by molar-refractivity contribution is -0.131. The number of aromatic nitrogens is 1. The summed E-state index contributed by atoms with van der Waals surface area (Å²) in [5.74, 6) is 0.0229. The molecule has 2 amide bonds. The number of carbonyl (C=O) groups excluding carboxylic acids is 2. The Morgan fingerprint density at radius 1 is 1.08 bits per heavy atom. The summed E-state index contributed by atoms with van der Waals surface area (Å²) in [6.45, 7) is 16.3. The number of nitrogens with one attached hydrogen (secondary N) is 2. The van der Waals surface area contributed by atoms with Gasteiger partial charge in [-0.25, -0.2) is 13.2 Å². The van der Waals surface area contributed by atoms with Gasteiger partial charge in [0.25, 0.3) is 0 Å². The van der Waals surface area contributed by atoms with E-state index in [2.05, 4.69) is 40.4 Å². The SMILES string of the molecule is CCC(C)c1cc(CN2CCN(C[C@@H](O)[C@H](Cc3ccccc3)NC(=O)O[C@@H]3CCS(=O)(=O)[C@@H]3C(C)C)[C@H](C(=O)NC(C)(C)C)C2)ccn1. The van der Waals surface area contributed by atoms with Gasteiger partial charge in [-0.15, -0.1) is 0 Å². The number of nitrogens with zero attached hydrogens (tertiary/aromatic N) is 3. The third-order valence-electron chi connectivity index (χ3n) is 9.62. The van der Waals surface area contributed by atoms with E-state index in [1.54, 1.807) is 0 Å². The number of amides is 2. The van der Waals surface area contributed by atoms with E-state index in [0.717, 1.165) is 23.2 Å². The first-order valence-corrected chi connectivity index (χ1v) is 19.4. The monoisotopic (exact) mass is 699 g/mol. The summed E-state index contributed by atoms with van der Waals surface area (Å²) >= 11 is 0. The number of carbonyl (C=O) groups is 2. The lowest BCUT2D eigenvalue weighted by Gasteiger charge is -2.43. The number of hydrogen-bond acceptors (Lipinski definition) is 9. The molecule has 12 heteroatoms. The third-order valence-corrected chi connectivity index (χ3v) is 12.1. The van der Waals surface area contributed by atoms with Crippen LogP contribution in [0.3, 0.4) is 0 Å². The first-order valence-electron chi connectivity index (χ1n) is 17.7. The van der Waals surface area contributed by atoms with Crippen LogP contribution in [0.1, 0.15) is 84.0 Å². The molecule has 1 unspecified atom stereocenters. The molecule has 0 saturated carbocycles. The molecule has 0 spiro atoms. The lowest BCUT2D eigenvalue weighted by atomic mass is 9.99. The summed E-state index contributed by atoms with van der Waals surface area (Å²) < 4.78 is 31.0. The molecule has 2 aliphatic rings. The molecule has 0 aliphatic carbocycles. The molecule has 1 aromatic carbocycles. The predicted molar refractivity (Wildman–Crippen MR) is 192 cm³/mol. The fourth-order valence-electron chi connectivity index (χ4n) is 6.89. The van der Waals surface area contributed by atoms with Crippen molar-refractivity contribution in [1.82, 2.24) is 25.4 Å². The highest BCUT2D eigenvalue weighted by Crippen LogP contribution is 2.29.